The standard InChI is InChI=1S/C22H21N7/c1-15-2-4-16(5-3-15)21-19(11-26-28-21)13-29-7-6-20-18(12-29)10-25-22(27-20)17-8-23-14-24-9-17/h2-5,8-11,14H,6-7,12-13H2,1H3,(H,26,28). The van der Waals surface area contributed by atoms with Gasteiger partial charge in [-0.25, -0.2) is 19.9 Å². The fourth-order valence-electron chi connectivity index (χ4n) is 3.71. The van der Waals surface area contributed by atoms with Crippen LogP contribution in [0.4, 0.5) is 0 Å². The fourth-order valence-corrected chi connectivity index (χ4v) is 3.71. The number of nitrogens with one attached hydrogen (secondary N) is 1. The molecule has 0 saturated heterocycles. The highest BCUT2D eigenvalue weighted by Gasteiger charge is 2.20. The molecule has 0 spiro atoms. The molecule has 3 aromatic heterocycles. The molecule has 4 aromatic rings. The van der Waals surface area contributed by atoms with E-state index < -0.39 is 0 Å². The Hall–Kier alpha value is -3.45. The van der Waals surface area contributed by atoms with Crippen molar-refractivity contribution in [2.45, 2.75) is 26.4 Å². The van der Waals surface area contributed by atoms with Gasteiger partial charge in [0.05, 0.1) is 23.1 Å². The number of hydrogen-bond donors (Lipinski definition) is 1. The summed E-state index contributed by atoms with van der Waals surface area (Å²) in [5.74, 6) is 0.689. The lowest BCUT2D eigenvalue weighted by molar-refractivity contribution is 0.243. The summed E-state index contributed by atoms with van der Waals surface area (Å²) in [6, 6.07) is 8.54. The van der Waals surface area contributed by atoms with Gasteiger partial charge < -0.3 is 0 Å². The van der Waals surface area contributed by atoms with Crippen molar-refractivity contribution < 1.29 is 0 Å². The van der Waals surface area contributed by atoms with Gasteiger partial charge in [-0.2, -0.15) is 5.10 Å². The van der Waals surface area contributed by atoms with Gasteiger partial charge in [-0.1, -0.05) is 29.8 Å². The zero-order chi connectivity index (χ0) is 19.6. The van der Waals surface area contributed by atoms with E-state index in [2.05, 4.69) is 61.2 Å². The lowest BCUT2D eigenvalue weighted by Crippen LogP contribution is -2.31. The van der Waals surface area contributed by atoms with Gasteiger partial charge in [-0.3, -0.25) is 10.00 Å². The maximum Gasteiger partial charge on any atom is 0.162 e. The Kier molecular flexibility index (Phi) is 4.57. The molecule has 0 fully saturated rings. The van der Waals surface area contributed by atoms with Crippen LogP contribution in [0.25, 0.3) is 22.6 Å². The second-order valence-corrected chi connectivity index (χ2v) is 7.39. The molecule has 7 heteroatoms. The maximum absolute atomic E-state index is 4.75. The Morgan fingerprint density at radius 1 is 1.00 bits per heavy atom. The van der Waals surface area contributed by atoms with E-state index in [9.17, 15) is 0 Å². The molecule has 5 rings (SSSR count). The Morgan fingerprint density at radius 3 is 2.66 bits per heavy atom. The number of rotatable bonds is 4. The van der Waals surface area contributed by atoms with E-state index in [0.717, 1.165) is 43.0 Å². The number of nitrogens with zero attached hydrogens (tertiary/aromatic N) is 6. The van der Waals surface area contributed by atoms with E-state index in [0.29, 0.717) is 5.82 Å². The van der Waals surface area contributed by atoms with E-state index >= 15 is 0 Å². The molecule has 1 aliphatic rings. The number of aromatic amines is 1. The van der Waals surface area contributed by atoms with Crippen molar-refractivity contribution in [2.75, 3.05) is 6.54 Å². The number of H-pyrrole nitrogens is 1. The molecule has 0 bridgehead atoms. The zero-order valence-corrected chi connectivity index (χ0v) is 16.2. The highest BCUT2D eigenvalue weighted by molar-refractivity contribution is 5.62. The average molecular weight is 383 g/mol. The van der Waals surface area contributed by atoms with Gasteiger partial charge in [-0.05, 0) is 12.5 Å². The molecule has 144 valence electrons. The van der Waals surface area contributed by atoms with E-state index in [1.165, 1.54) is 28.6 Å². The smallest absolute Gasteiger partial charge is 0.162 e. The minimum absolute atomic E-state index is 0.689. The summed E-state index contributed by atoms with van der Waals surface area (Å²) in [7, 11) is 0. The molecule has 1 N–H and O–H groups in total. The lowest BCUT2D eigenvalue weighted by Gasteiger charge is -2.28. The van der Waals surface area contributed by atoms with Crippen LogP contribution in [-0.4, -0.2) is 41.6 Å². The summed E-state index contributed by atoms with van der Waals surface area (Å²) in [5, 5.41) is 7.45. The molecule has 0 saturated carbocycles. The van der Waals surface area contributed by atoms with Crippen molar-refractivity contribution in [1.82, 2.24) is 35.0 Å². The van der Waals surface area contributed by atoms with Crippen LogP contribution in [0.3, 0.4) is 0 Å². The van der Waals surface area contributed by atoms with E-state index in [4.69, 9.17) is 4.98 Å². The molecule has 0 radical (unpaired) electrons. The Morgan fingerprint density at radius 2 is 1.83 bits per heavy atom. The first-order valence-corrected chi connectivity index (χ1v) is 9.68. The monoisotopic (exact) mass is 383 g/mol. The van der Waals surface area contributed by atoms with Crippen LogP contribution in [-0.2, 0) is 19.5 Å². The number of aryl methyl sites for hydroxylation is 1. The number of aromatic nitrogens is 6. The van der Waals surface area contributed by atoms with Crippen LogP contribution in [0.1, 0.15) is 22.4 Å². The average Bonchev–Trinajstić information content (AvgIpc) is 3.22. The SMILES string of the molecule is Cc1ccc(-c2[nH]ncc2CN2CCc3nc(-c4cncnc4)ncc3C2)cc1. The minimum atomic E-state index is 0.689. The van der Waals surface area contributed by atoms with Crippen LogP contribution >= 0.6 is 0 Å². The van der Waals surface area contributed by atoms with Crippen molar-refractivity contribution in [1.29, 1.82) is 0 Å². The lowest BCUT2D eigenvalue weighted by atomic mass is 10.0. The first-order chi connectivity index (χ1) is 14.3. The first kappa shape index (κ1) is 17.6. The van der Waals surface area contributed by atoms with E-state index in [1.807, 2.05) is 12.4 Å². The molecular weight excluding hydrogens is 362 g/mol. The van der Waals surface area contributed by atoms with Gasteiger partial charge in [0.1, 0.15) is 6.33 Å². The van der Waals surface area contributed by atoms with Gasteiger partial charge in [-0.15, -0.1) is 0 Å². The quantitative estimate of drug-likeness (QED) is 0.583. The molecular formula is C22H21N7. The molecule has 0 amide bonds. The Labute approximate surface area is 168 Å². The van der Waals surface area contributed by atoms with Crippen LogP contribution in [0.2, 0.25) is 0 Å². The minimum Gasteiger partial charge on any atom is -0.294 e. The second-order valence-electron chi connectivity index (χ2n) is 7.39. The molecule has 7 nitrogen and oxygen atoms in total. The van der Waals surface area contributed by atoms with Crippen molar-refractivity contribution in [2.24, 2.45) is 0 Å². The zero-order valence-electron chi connectivity index (χ0n) is 16.2. The van der Waals surface area contributed by atoms with Gasteiger partial charge in [0.15, 0.2) is 5.82 Å². The molecule has 1 aliphatic heterocycles. The van der Waals surface area contributed by atoms with Gasteiger partial charge >= 0.3 is 0 Å². The largest absolute Gasteiger partial charge is 0.294 e. The summed E-state index contributed by atoms with van der Waals surface area (Å²) < 4.78 is 0. The molecule has 1 aromatic carbocycles. The third kappa shape index (κ3) is 3.64. The fraction of sp³-hybridized carbons (Fsp3) is 0.227. The van der Waals surface area contributed by atoms with Crippen LogP contribution in [0.5, 0.6) is 0 Å². The summed E-state index contributed by atoms with van der Waals surface area (Å²) in [5.41, 5.74) is 7.85. The van der Waals surface area contributed by atoms with Gasteiger partial charge in [0.2, 0.25) is 0 Å². The van der Waals surface area contributed by atoms with Crippen molar-refractivity contribution >= 4 is 0 Å². The van der Waals surface area contributed by atoms with Crippen molar-refractivity contribution in [3.63, 3.8) is 0 Å². The number of hydrogen-bond acceptors (Lipinski definition) is 6. The predicted molar refractivity (Wildman–Crippen MR) is 110 cm³/mol. The van der Waals surface area contributed by atoms with Crippen molar-refractivity contribution in [3.05, 3.63) is 77.8 Å². The molecule has 0 atom stereocenters. The summed E-state index contributed by atoms with van der Waals surface area (Å²) >= 11 is 0. The summed E-state index contributed by atoms with van der Waals surface area (Å²) in [4.78, 5) is 19.8. The maximum atomic E-state index is 4.75. The normalized spacial score (nSPS) is 14.0. The van der Waals surface area contributed by atoms with Gasteiger partial charge in [0, 0.05) is 55.8 Å². The Bertz CT molecular complexity index is 1120. The number of fused-ring (bicyclic) bond motifs is 1. The van der Waals surface area contributed by atoms with Gasteiger partial charge in [0.25, 0.3) is 0 Å². The molecule has 4 heterocycles. The molecule has 0 unspecified atom stereocenters. The second kappa shape index (κ2) is 7.52. The van der Waals surface area contributed by atoms with Crippen LogP contribution < -0.4 is 0 Å². The van der Waals surface area contributed by atoms with Crippen molar-refractivity contribution in [3.8, 4) is 22.6 Å². The van der Waals surface area contributed by atoms with Crippen LogP contribution in [0.15, 0.2) is 55.4 Å². The summed E-state index contributed by atoms with van der Waals surface area (Å²) in [6.45, 7) is 4.72. The topological polar surface area (TPSA) is 83.5 Å². The third-order valence-electron chi connectivity index (χ3n) is 5.28. The first-order valence-electron chi connectivity index (χ1n) is 9.68. The van der Waals surface area contributed by atoms with E-state index in [1.54, 1.807) is 12.4 Å². The third-order valence-corrected chi connectivity index (χ3v) is 5.28. The predicted octanol–water partition coefficient (Wildman–Crippen LogP) is 3.19. The number of benzene rings is 1. The summed E-state index contributed by atoms with van der Waals surface area (Å²) in [6.07, 6.45) is 9.77. The molecule has 29 heavy (non-hydrogen) atoms. The molecule has 0 aliphatic carbocycles. The highest BCUT2D eigenvalue weighted by atomic mass is 15.2. The van der Waals surface area contributed by atoms with E-state index in [-0.39, 0.29) is 0 Å². The highest BCUT2D eigenvalue weighted by Crippen LogP contribution is 2.26. The van der Waals surface area contributed by atoms with Crippen LogP contribution in [0, 0.1) is 6.92 Å². The Balaban J connectivity index is 1.34.